The van der Waals surface area contributed by atoms with Crippen LogP contribution in [0.25, 0.3) is 0 Å². The number of carbonyl (C=O) groups is 1. The third-order valence-electron chi connectivity index (χ3n) is 3.01. The molecule has 0 saturated heterocycles. The number of aliphatic carboxylic acids is 1. The van der Waals surface area contributed by atoms with Gasteiger partial charge in [0.05, 0.1) is 0 Å². The van der Waals surface area contributed by atoms with E-state index in [1.54, 1.807) is 0 Å². The Labute approximate surface area is 124 Å². The minimum Gasteiger partial charge on any atom is -0.481 e. The number of allylic oxidation sites excluding steroid dienone is 6. The van der Waals surface area contributed by atoms with Crippen molar-refractivity contribution in [1.29, 1.82) is 0 Å². The van der Waals surface area contributed by atoms with Gasteiger partial charge in [0.15, 0.2) is 0 Å². The first kappa shape index (κ1) is 18.7. The van der Waals surface area contributed by atoms with E-state index in [1.807, 2.05) is 0 Å². The fraction of sp³-hybridized carbons (Fsp3) is 0.611. The van der Waals surface area contributed by atoms with E-state index in [2.05, 4.69) is 43.4 Å². The van der Waals surface area contributed by atoms with Crippen LogP contribution in [-0.4, -0.2) is 11.1 Å². The molecule has 0 aliphatic carbocycles. The lowest BCUT2D eigenvalue weighted by atomic mass is 10.2. The molecule has 0 aromatic heterocycles. The second-order valence-corrected chi connectivity index (χ2v) is 5.01. The summed E-state index contributed by atoms with van der Waals surface area (Å²) in [5.41, 5.74) is 0. The molecule has 0 bridgehead atoms. The summed E-state index contributed by atoms with van der Waals surface area (Å²) in [4.78, 5) is 10.3. The van der Waals surface area contributed by atoms with Gasteiger partial charge >= 0.3 is 5.97 Å². The largest absolute Gasteiger partial charge is 0.481 e. The Kier molecular flexibility index (Phi) is 14.7. The second kappa shape index (κ2) is 15.7. The Morgan fingerprint density at radius 1 is 0.800 bits per heavy atom. The van der Waals surface area contributed by atoms with Crippen LogP contribution >= 0.6 is 0 Å². The van der Waals surface area contributed by atoms with Gasteiger partial charge < -0.3 is 5.11 Å². The molecular formula is C18H30O2. The quantitative estimate of drug-likeness (QED) is 0.348. The van der Waals surface area contributed by atoms with E-state index in [4.69, 9.17) is 5.11 Å². The van der Waals surface area contributed by atoms with Crippen LogP contribution in [0.3, 0.4) is 0 Å². The van der Waals surface area contributed by atoms with E-state index in [0.29, 0.717) is 0 Å². The fourth-order valence-electron chi connectivity index (χ4n) is 1.82. The lowest BCUT2D eigenvalue weighted by molar-refractivity contribution is -0.137. The van der Waals surface area contributed by atoms with E-state index in [-0.39, 0.29) is 6.42 Å². The SMILES string of the molecule is CCCCC/C=C/C/C=C\CC/C=C\CCCC(=O)O. The van der Waals surface area contributed by atoms with Crippen LogP contribution in [0, 0.1) is 0 Å². The summed E-state index contributed by atoms with van der Waals surface area (Å²) in [6.45, 7) is 2.23. The standard InChI is InChI=1S/C18H30O2/c1-2-3-4-5-6-7-8-9-10-11-12-13-14-15-16-17-18(19)20/h6-7,9-10,13-14H,2-5,8,11-12,15-17H2,1H3,(H,19,20)/b7-6+,10-9-,14-13-. The molecule has 0 atom stereocenters. The van der Waals surface area contributed by atoms with E-state index in [9.17, 15) is 4.79 Å². The van der Waals surface area contributed by atoms with Gasteiger partial charge in [-0.3, -0.25) is 4.79 Å². The summed E-state index contributed by atoms with van der Waals surface area (Å²) in [5.74, 6) is -0.705. The van der Waals surface area contributed by atoms with Crippen molar-refractivity contribution in [2.45, 2.75) is 71.1 Å². The molecular weight excluding hydrogens is 248 g/mol. The minimum absolute atomic E-state index is 0.273. The van der Waals surface area contributed by atoms with Crippen LogP contribution in [0.5, 0.6) is 0 Å². The van der Waals surface area contributed by atoms with Crippen LogP contribution in [0.2, 0.25) is 0 Å². The molecule has 2 heteroatoms. The van der Waals surface area contributed by atoms with E-state index in [1.165, 1.54) is 25.7 Å². The molecule has 0 radical (unpaired) electrons. The van der Waals surface area contributed by atoms with Gasteiger partial charge in [-0.2, -0.15) is 0 Å². The zero-order chi connectivity index (χ0) is 14.9. The summed E-state index contributed by atoms with van der Waals surface area (Å²) in [5, 5.41) is 8.48. The first-order valence-electron chi connectivity index (χ1n) is 7.94. The van der Waals surface area contributed by atoms with Gasteiger partial charge in [0.25, 0.3) is 0 Å². The second-order valence-electron chi connectivity index (χ2n) is 5.01. The molecule has 0 fully saturated rings. The third-order valence-corrected chi connectivity index (χ3v) is 3.01. The maximum absolute atomic E-state index is 10.3. The highest BCUT2D eigenvalue weighted by Gasteiger charge is 1.92. The molecule has 0 heterocycles. The van der Waals surface area contributed by atoms with Gasteiger partial charge in [-0.1, -0.05) is 56.2 Å². The Morgan fingerprint density at radius 3 is 2.00 bits per heavy atom. The molecule has 0 aliphatic heterocycles. The average Bonchev–Trinajstić information content (AvgIpc) is 2.43. The van der Waals surface area contributed by atoms with Gasteiger partial charge in [-0.05, 0) is 44.9 Å². The molecule has 114 valence electrons. The van der Waals surface area contributed by atoms with E-state index >= 15 is 0 Å². The first-order valence-corrected chi connectivity index (χ1v) is 7.94. The lowest BCUT2D eigenvalue weighted by Crippen LogP contribution is -1.92. The van der Waals surface area contributed by atoms with Crippen LogP contribution in [0.4, 0.5) is 0 Å². The number of carboxylic acids is 1. The summed E-state index contributed by atoms with van der Waals surface area (Å²) < 4.78 is 0. The molecule has 0 rings (SSSR count). The molecule has 0 unspecified atom stereocenters. The van der Waals surface area contributed by atoms with Crippen molar-refractivity contribution in [2.75, 3.05) is 0 Å². The average molecular weight is 278 g/mol. The number of hydrogen-bond acceptors (Lipinski definition) is 1. The van der Waals surface area contributed by atoms with Crippen molar-refractivity contribution in [1.82, 2.24) is 0 Å². The topological polar surface area (TPSA) is 37.3 Å². The highest BCUT2D eigenvalue weighted by molar-refractivity contribution is 5.66. The fourth-order valence-corrected chi connectivity index (χ4v) is 1.82. The van der Waals surface area contributed by atoms with Crippen molar-refractivity contribution >= 4 is 5.97 Å². The smallest absolute Gasteiger partial charge is 0.303 e. The predicted octanol–water partition coefficient (Wildman–Crippen LogP) is 5.66. The van der Waals surface area contributed by atoms with Crippen molar-refractivity contribution in [3.8, 4) is 0 Å². The van der Waals surface area contributed by atoms with Gasteiger partial charge in [0, 0.05) is 6.42 Å². The molecule has 0 spiro atoms. The molecule has 0 amide bonds. The summed E-state index contributed by atoms with van der Waals surface area (Å²) in [7, 11) is 0. The monoisotopic (exact) mass is 278 g/mol. The van der Waals surface area contributed by atoms with E-state index in [0.717, 1.165) is 32.1 Å². The van der Waals surface area contributed by atoms with Crippen molar-refractivity contribution in [3.05, 3.63) is 36.5 Å². The lowest BCUT2D eigenvalue weighted by Gasteiger charge is -1.91. The van der Waals surface area contributed by atoms with E-state index < -0.39 is 5.97 Å². The zero-order valence-electron chi connectivity index (χ0n) is 12.9. The van der Waals surface area contributed by atoms with Gasteiger partial charge in [-0.15, -0.1) is 0 Å². The molecule has 0 aromatic carbocycles. The Hall–Kier alpha value is -1.31. The Bertz CT molecular complexity index is 301. The maximum atomic E-state index is 10.3. The molecule has 20 heavy (non-hydrogen) atoms. The van der Waals surface area contributed by atoms with Gasteiger partial charge in [0.1, 0.15) is 0 Å². The highest BCUT2D eigenvalue weighted by atomic mass is 16.4. The summed E-state index contributed by atoms with van der Waals surface area (Å²) in [6.07, 6.45) is 23.4. The van der Waals surface area contributed by atoms with Crippen molar-refractivity contribution in [2.24, 2.45) is 0 Å². The number of hydrogen-bond donors (Lipinski definition) is 1. The molecule has 1 N–H and O–H groups in total. The summed E-state index contributed by atoms with van der Waals surface area (Å²) in [6, 6.07) is 0. The van der Waals surface area contributed by atoms with Gasteiger partial charge in [-0.25, -0.2) is 0 Å². The normalized spacial score (nSPS) is 12.1. The zero-order valence-corrected chi connectivity index (χ0v) is 12.9. The van der Waals surface area contributed by atoms with Crippen molar-refractivity contribution < 1.29 is 9.90 Å². The summed E-state index contributed by atoms with van der Waals surface area (Å²) >= 11 is 0. The first-order chi connectivity index (χ1) is 9.77. The number of rotatable bonds is 13. The Balaban J connectivity index is 3.30. The highest BCUT2D eigenvalue weighted by Crippen LogP contribution is 2.02. The predicted molar refractivity (Wildman–Crippen MR) is 86.9 cm³/mol. The molecule has 0 aliphatic rings. The molecule has 0 saturated carbocycles. The third kappa shape index (κ3) is 16.7. The van der Waals surface area contributed by atoms with Crippen LogP contribution in [-0.2, 0) is 4.79 Å². The number of unbranched alkanes of at least 4 members (excludes halogenated alkanes) is 5. The maximum Gasteiger partial charge on any atom is 0.303 e. The van der Waals surface area contributed by atoms with Crippen molar-refractivity contribution in [3.63, 3.8) is 0 Å². The molecule has 0 aromatic rings. The van der Waals surface area contributed by atoms with Gasteiger partial charge in [0.2, 0.25) is 0 Å². The van der Waals surface area contributed by atoms with Crippen LogP contribution in [0.1, 0.15) is 71.1 Å². The van der Waals surface area contributed by atoms with Crippen LogP contribution in [0.15, 0.2) is 36.5 Å². The minimum atomic E-state index is -0.705. The Morgan fingerprint density at radius 2 is 1.35 bits per heavy atom. The number of carboxylic acid groups (broad SMARTS) is 1. The molecule has 2 nitrogen and oxygen atoms in total. The van der Waals surface area contributed by atoms with Crippen LogP contribution < -0.4 is 0 Å².